The summed E-state index contributed by atoms with van der Waals surface area (Å²) in [7, 11) is 0. The number of carbonyl (C=O) groups is 3. The van der Waals surface area contributed by atoms with Crippen LogP contribution in [-0.4, -0.2) is 29.6 Å². The predicted molar refractivity (Wildman–Crippen MR) is 150 cm³/mol. The highest BCUT2D eigenvalue weighted by Crippen LogP contribution is 2.58. The number of carbonyl (C=O) groups excluding carboxylic acids is 3. The van der Waals surface area contributed by atoms with Crippen molar-refractivity contribution in [3.8, 4) is 0 Å². The van der Waals surface area contributed by atoms with Crippen LogP contribution in [0.3, 0.4) is 0 Å². The van der Waals surface area contributed by atoms with E-state index in [9.17, 15) is 14.4 Å². The molecule has 0 bridgehead atoms. The maximum Gasteiger partial charge on any atom is 0.238 e. The van der Waals surface area contributed by atoms with E-state index in [2.05, 4.69) is 5.32 Å². The summed E-state index contributed by atoms with van der Waals surface area (Å²) in [6, 6.07) is 24.1. The summed E-state index contributed by atoms with van der Waals surface area (Å²) < 4.78 is 0. The molecule has 4 heterocycles. The molecule has 1 aromatic heterocycles. The second kappa shape index (κ2) is 8.51. The first kappa shape index (κ1) is 23.1. The van der Waals surface area contributed by atoms with Gasteiger partial charge in [-0.3, -0.25) is 14.4 Å². The highest BCUT2D eigenvalue weighted by Gasteiger charge is 2.70. The van der Waals surface area contributed by atoms with Gasteiger partial charge in [0.15, 0.2) is 11.6 Å². The zero-order valence-corrected chi connectivity index (χ0v) is 21.6. The molecule has 3 aliphatic heterocycles. The Labute approximate surface area is 228 Å². The number of thiophene rings is 1. The SMILES string of the molecule is O=C(c1ccccc1)[C@@H]1[C@@H](C(=O)c2cccs2)[C@]2(C(=O)Nc3ccccc32)[C@H]2C=Cc3cc(Cl)ccc3N12. The van der Waals surface area contributed by atoms with Crippen LogP contribution in [0.1, 0.15) is 31.2 Å². The number of Topliss-reactive ketones (excluding diaryl/α,β-unsaturated/α-hetero) is 2. The van der Waals surface area contributed by atoms with E-state index in [1.165, 1.54) is 11.3 Å². The molecule has 0 unspecified atom stereocenters. The summed E-state index contributed by atoms with van der Waals surface area (Å²) in [5, 5.41) is 5.46. The number of ketones is 2. The lowest BCUT2D eigenvalue weighted by molar-refractivity contribution is -0.121. The zero-order chi connectivity index (χ0) is 26.0. The van der Waals surface area contributed by atoms with Gasteiger partial charge in [0, 0.05) is 22.0 Å². The monoisotopic (exact) mass is 536 g/mol. The standard InChI is InChI=1S/C31H21ClN2O3S/c32-20-13-14-23-19(17-20)12-15-25-31(21-9-4-5-10-22(21)33-30(31)37)26(29(36)24-11-6-16-38-24)27(34(23)25)28(35)18-7-2-1-3-8-18/h1-17,25-27H,(H,33,37)/t25-,26+,27+,31-/m1/s1. The molecule has 4 atom stereocenters. The molecule has 1 fully saturated rings. The second-order valence-electron chi connectivity index (χ2n) is 9.78. The highest BCUT2D eigenvalue weighted by atomic mass is 35.5. The van der Waals surface area contributed by atoms with E-state index >= 15 is 0 Å². The first-order valence-corrected chi connectivity index (χ1v) is 13.6. The number of hydrogen-bond donors (Lipinski definition) is 1. The molecule has 3 aliphatic rings. The van der Waals surface area contributed by atoms with Crippen LogP contribution in [0.15, 0.2) is 96.4 Å². The largest absolute Gasteiger partial charge is 0.352 e. The molecule has 0 saturated carbocycles. The fourth-order valence-corrected chi connectivity index (χ4v) is 7.38. The number of para-hydroxylation sites is 1. The summed E-state index contributed by atoms with van der Waals surface area (Å²) in [6.07, 6.45) is 3.90. The van der Waals surface area contributed by atoms with E-state index in [0.29, 0.717) is 21.2 Å². The lowest BCUT2D eigenvalue weighted by Crippen LogP contribution is -2.51. The van der Waals surface area contributed by atoms with Gasteiger partial charge in [-0.2, -0.15) is 0 Å². The molecule has 5 nitrogen and oxygen atoms in total. The fourth-order valence-electron chi connectivity index (χ4n) is 6.50. The molecule has 0 radical (unpaired) electrons. The fraction of sp³-hybridized carbons (Fsp3) is 0.129. The molecule has 7 rings (SSSR count). The lowest BCUT2D eigenvalue weighted by Gasteiger charge is -2.37. The van der Waals surface area contributed by atoms with Gasteiger partial charge in [0.2, 0.25) is 5.91 Å². The molecule has 186 valence electrons. The molecular formula is C31H21ClN2O3S. The van der Waals surface area contributed by atoms with Crippen molar-refractivity contribution >= 4 is 57.9 Å². The molecule has 1 saturated heterocycles. The van der Waals surface area contributed by atoms with Crippen molar-refractivity contribution < 1.29 is 14.4 Å². The average Bonchev–Trinajstić information content (AvgIpc) is 3.65. The Balaban J connectivity index is 1.55. The van der Waals surface area contributed by atoms with Crippen molar-refractivity contribution in [3.05, 3.63) is 123 Å². The number of rotatable bonds is 4. The van der Waals surface area contributed by atoms with Gasteiger partial charge in [0.25, 0.3) is 0 Å². The number of anilines is 2. The zero-order valence-electron chi connectivity index (χ0n) is 20.0. The average molecular weight is 537 g/mol. The minimum Gasteiger partial charge on any atom is -0.352 e. The topological polar surface area (TPSA) is 66.5 Å². The quantitative estimate of drug-likeness (QED) is 0.313. The Morgan fingerprint density at radius 3 is 2.50 bits per heavy atom. The molecule has 4 aromatic rings. The molecule has 0 aliphatic carbocycles. The van der Waals surface area contributed by atoms with Crippen LogP contribution >= 0.6 is 22.9 Å². The number of fused-ring (bicyclic) bond motifs is 6. The Hall–Kier alpha value is -4.00. The van der Waals surface area contributed by atoms with Crippen LogP contribution in [0.5, 0.6) is 0 Å². The van der Waals surface area contributed by atoms with Crippen molar-refractivity contribution in [1.82, 2.24) is 0 Å². The minimum atomic E-state index is -1.30. The Kier molecular flexibility index (Phi) is 5.18. The number of nitrogens with one attached hydrogen (secondary N) is 1. The van der Waals surface area contributed by atoms with Crippen LogP contribution in [-0.2, 0) is 10.2 Å². The van der Waals surface area contributed by atoms with Gasteiger partial charge < -0.3 is 10.2 Å². The summed E-state index contributed by atoms with van der Waals surface area (Å²) in [5.74, 6) is -1.64. The third-order valence-electron chi connectivity index (χ3n) is 7.97. The van der Waals surface area contributed by atoms with E-state index < -0.39 is 23.4 Å². The summed E-state index contributed by atoms with van der Waals surface area (Å²) >= 11 is 7.66. The van der Waals surface area contributed by atoms with E-state index in [1.54, 1.807) is 24.3 Å². The van der Waals surface area contributed by atoms with Gasteiger partial charge in [-0.15, -0.1) is 11.3 Å². The Morgan fingerprint density at radius 1 is 0.921 bits per heavy atom. The van der Waals surface area contributed by atoms with E-state index in [4.69, 9.17) is 11.6 Å². The highest BCUT2D eigenvalue weighted by molar-refractivity contribution is 7.12. The normalized spacial score (nSPS) is 24.6. The second-order valence-corrected chi connectivity index (χ2v) is 11.2. The number of benzene rings is 3. The number of hydrogen-bond acceptors (Lipinski definition) is 5. The molecule has 3 aromatic carbocycles. The minimum absolute atomic E-state index is 0.198. The van der Waals surface area contributed by atoms with Crippen molar-refractivity contribution in [1.29, 1.82) is 0 Å². The van der Waals surface area contributed by atoms with E-state index in [0.717, 1.165) is 16.8 Å². The van der Waals surface area contributed by atoms with Gasteiger partial charge in [-0.05, 0) is 46.8 Å². The van der Waals surface area contributed by atoms with Gasteiger partial charge in [0.1, 0.15) is 11.5 Å². The van der Waals surface area contributed by atoms with Crippen molar-refractivity contribution in [2.45, 2.75) is 17.5 Å². The van der Waals surface area contributed by atoms with Gasteiger partial charge in [0.05, 0.1) is 16.8 Å². The Bertz CT molecular complexity index is 1650. The van der Waals surface area contributed by atoms with Crippen LogP contribution in [0.4, 0.5) is 11.4 Å². The summed E-state index contributed by atoms with van der Waals surface area (Å²) in [4.78, 5) is 45.7. The number of nitrogens with zero attached hydrogens (tertiary/aromatic N) is 1. The third-order valence-corrected chi connectivity index (χ3v) is 9.09. The molecule has 7 heteroatoms. The third kappa shape index (κ3) is 3.08. The predicted octanol–water partition coefficient (Wildman–Crippen LogP) is 6.26. The van der Waals surface area contributed by atoms with Gasteiger partial charge in [-0.1, -0.05) is 78.4 Å². The number of amides is 1. The lowest BCUT2D eigenvalue weighted by atomic mass is 9.64. The van der Waals surface area contributed by atoms with Gasteiger partial charge >= 0.3 is 0 Å². The van der Waals surface area contributed by atoms with E-state index in [-0.39, 0.29) is 17.5 Å². The molecular weight excluding hydrogens is 516 g/mol. The van der Waals surface area contributed by atoms with Crippen LogP contribution in [0.2, 0.25) is 5.02 Å². The first-order chi connectivity index (χ1) is 18.5. The van der Waals surface area contributed by atoms with Crippen LogP contribution in [0.25, 0.3) is 6.08 Å². The van der Waals surface area contributed by atoms with E-state index in [1.807, 2.05) is 83.1 Å². The molecule has 1 amide bonds. The maximum absolute atomic E-state index is 14.5. The van der Waals surface area contributed by atoms with Crippen LogP contribution in [0, 0.1) is 5.92 Å². The van der Waals surface area contributed by atoms with Crippen molar-refractivity contribution in [3.63, 3.8) is 0 Å². The molecule has 1 N–H and O–H groups in total. The molecule has 38 heavy (non-hydrogen) atoms. The van der Waals surface area contributed by atoms with Crippen molar-refractivity contribution in [2.24, 2.45) is 5.92 Å². The smallest absolute Gasteiger partial charge is 0.238 e. The molecule has 1 spiro atoms. The Morgan fingerprint density at radius 2 is 1.71 bits per heavy atom. The number of halogens is 1. The summed E-state index contributed by atoms with van der Waals surface area (Å²) in [5.41, 5.74) is 2.21. The van der Waals surface area contributed by atoms with Crippen LogP contribution < -0.4 is 10.2 Å². The van der Waals surface area contributed by atoms with Crippen molar-refractivity contribution in [2.75, 3.05) is 10.2 Å². The first-order valence-electron chi connectivity index (χ1n) is 12.4. The maximum atomic E-state index is 14.5. The summed E-state index contributed by atoms with van der Waals surface area (Å²) in [6.45, 7) is 0. The van der Waals surface area contributed by atoms with Gasteiger partial charge in [-0.25, -0.2) is 0 Å².